The SMILES string of the molecule is CN(CCC1CCC1)C(=O)NN. The van der Waals surface area contributed by atoms with Gasteiger partial charge in [-0.1, -0.05) is 19.3 Å². The van der Waals surface area contributed by atoms with Crippen LogP contribution >= 0.6 is 0 Å². The van der Waals surface area contributed by atoms with Gasteiger partial charge in [-0.25, -0.2) is 10.6 Å². The molecule has 70 valence electrons. The molecule has 4 nitrogen and oxygen atoms in total. The monoisotopic (exact) mass is 171 g/mol. The third-order valence-electron chi connectivity index (χ3n) is 2.57. The second-order valence-electron chi connectivity index (χ2n) is 3.46. The van der Waals surface area contributed by atoms with Gasteiger partial charge in [-0.2, -0.15) is 0 Å². The normalized spacial score (nSPS) is 16.8. The minimum Gasteiger partial charge on any atom is -0.327 e. The molecular weight excluding hydrogens is 154 g/mol. The Balaban J connectivity index is 2.08. The lowest BCUT2D eigenvalue weighted by molar-refractivity contribution is 0.198. The molecule has 1 aliphatic rings. The lowest BCUT2D eigenvalue weighted by atomic mass is 9.83. The molecule has 3 N–H and O–H groups in total. The number of rotatable bonds is 3. The van der Waals surface area contributed by atoms with Crippen molar-refractivity contribution in [2.45, 2.75) is 25.7 Å². The molecule has 0 bridgehead atoms. The first-order valence-electron chi connectivity index (χ1n) is 4.45. The molecule has 1 saturated carbocycles. The molecule has 1 aliphatic carbocycles. The first-order chi connectivity index (χ1) is 5.74. The van der Waals surface area contributed by atoms with Crippen molar-refractivity contribution >= 4 is 6.03 Å². The van der Waals surface area contributed by atoms with Gasteiger partial charge in [-0.05, 0) is 12.3 Å². The molecule has 0 heterocycles. The zero-order valence-electron chi connectivity index (χ0n) is 7.55. The number of carbonyl (C=O) groups is 1. The van der Waals surface area contributed by atoms with Crippen LogP contribution in [-0.4, -0.2) is 24.5 Å². The van der Waals surface area contributed by atoms with Gasteiger partial charge in [0, 0.05) is 13.6 Å². The fourth-order valence-electron chi connectivity index (χ4n) is 1.37. The van der Waals surface area contributed by atoms with Crippen LogP contribution in [0, 0.1) is 5.92 Å². The number of carbonyl (C=O) groups excluding carboxylic acids is 1. The van der Waals surface area contributed by atoms with Crippen molar-refractivity contribution in [2.75, 3.05) is 13.6 Å². The zero-order valence-corrected chi connectivity index (χ0v) is 7.55. The Hall–Kier alpha value is -0.770. The van der Waals surface area contributed by atoms with Crippen LogP contribution in [0.4, 0.5) is 4.79 Å². The second-order valence-corrected chi connectivity index (χ2v) is 3.46. The Morgan fingerprint density at radius 2 is 2.33 bits per heavy atom. The van der Waals surface area contributed by atoms with E-state index in [1.54, 1.807) is 11.9 Å². The smallest absolute Gasteiger partial charge is 0.327 e. The summed E-state index contributed by atoms with van der Waals surface area (Å²) >= 11 is 0. The highest BCUT2D eigenvalue weighted by molar-refractivity contribution is 5.72. The van der Waals surface area contributed by atoms with E-state index < -0.39 is 0 Å². The van der Waals surface area contributed by atoms with E-state index in [0.717, 1.165) is 18.9 Å². The number of nitrogens with one attached hydrogen (secondary N) is 1. The van der Waals surface area contributed by atoms with Gasteiger partial charge in [0.1, 0.15) is 0 Å². The summed E-state index contributed by atoms with van der Waals surface area (Å²) in [6.07, 6.45) is 5.14. The summed E-state index contributed by atoms with van der Waals surface area (Å²) in [7, 11) is 1.76. The molecule has 0 aromatic rings. The van der Waals surface area contributed by atoms with Crippen LogP contribution in [-0.2, 0) is 0 Å². The van der Waals surface area contributed by atoms with Crippen molar-refractivity contribution < 1.29 is 4.79 Å². The highest BCUT2D eigenvalue weighted by Crippen LogP contribution is 2.29. The highest BCUT2D eigenvalue weighted by atomic mass is 16.2. The van der Waals surface area contributed by atoms with Gasteiger partial charge < -0.3 is 4.90 Å². The fourth-order valence-corrected chi connectivity index (χ4v) is 1.37. The number of amides is 2. The van der Waals surface area contributed by atoms with Crippen LogP contribution in [0.3, 0.4) is 0 Å². The first-order valence-corrected chi connectivity index (χ1v) is 4.45. The maximum Gasteiger partial charge on any atom is 0.331 e. The van der Waals surface area contributed by atoms with E-state index in [1.165, 1.54) is 19.3 Å². The minimum absolute atomic E-state index is 0.200. The number of hydrogen-bond donors (Lipinski definition) is 2. The molecule has 0 aliphatic heterocycles. The average Bonchev–Trinajstić information content (AvgIpc) is 2.00. The third-order valence-corrected chi connectivity index (χ3v) is 2.57. The Kier molecular flexibility index (Phi) is 3.34. The van der Waals surface area contributed by atoms with Gasteiger partial charge in [-0.3, -0.25) is 5.43 Å². The van der Waals surface area contributed by atoms with E-state index in [-0.39, 0.29) is 6.03 Å². The molecule has 0 aromatic carbocycles. The summed E-state index contributed by atoms with van der Waals surface area (Å²) in [5, 5.41) is 0. The Morgan fingerprint density at radius 3 is 2.75 bits per heavy atom. The largest absolute Gasteiger partial charge is 0.331 e. The number of nitrogens with zero attached hydrogens (tertiary/aromatic N) is 1. The van der Waals surface area contributed by atoms with Crippen molar-refractivity contribution in [3.63, 3.8) is 0 Å². The third kappa shape index (κ3) is 2.37. The zero-order chi connectivity index (χ0) is 8.97. The Bertz CT molecular complexity index is 156. The van der Waals surface area contributed by atoms with Crippen molar-refractivity contribution in [3.8, 4) is 0 Å². The Labute approximate surface area is 73.1 Å². The molecule has 0 spiro atoms. The average molecular weight is 171 g/mol. The molecule has 0 saturated heterocycles. The lowest BCUT2D eigenvalue weighted by Gasteiger charge is -2.27. The van der Waals surface area contributed by atoms with E-state index in [0.29, 0.717) is 0 Å². The van der Waals surface area contributed by atoms with Crippen molar-refractivity contribution in [2.24, 2.45) is 11.8 Å². The van der Waals surface area contributed by atoms with E-state index in [1.807, 2.05) is 0 Å². The molecular formula is C8H17N3O. The summed E-state index contributed by atoms with van der Waals surface area (Å²) < 4.78 is 0. The molecule has 1 rings (SSSR count). The van der Waals surface area contributed by atoms with Crippen LogP contribution in [0.25, 0.3) is 0 Å². The highest BCUT2D eigenvalue weighted by Gasteiger charge is 2.18. The molecule has 1 fully saturated rings. The van der Waals surface area contributed by atoms with Crippen LogP contribution in [0.5, 0.6) is 0 Å². The van der Waals surface area contributed by atoms with Gasteiger partial charge in [0.2, 0.25) is 0 Å². The molecule has 4 heteroatoms. The molecule has 12 heavy (non-hydrogen) atoms. The van der Waals surface area contributed by atoms with E-state index in [9.17, 15) is 4.79 Å². The summed E-state index contributed by atoms with van der Waals surface area (Å²) in [5.41, 5.74) is 2.11. The van der Waals surface area contributed by atoms with Crippen molar-refractivity contribution in [1.82, 2.24) is 10.3 Å². The van der Waals surface area contributed by atoms with Crippen LogP contribution < -0.4 is 11.3 Å². The molecule has 0 aromatic heterocycles. The number of nitrogens with two attached hydrogens (primary N) is 1. The van der Waals surface area contributed by atoms with Crippen LogP contribution in [0.15, 0.2) is 0 Å². The van der Waals surface area contributed by atoms with E-state index >= 15 is 0 Å². The van der Waals surface area contributed by atoms with Crippen molar-refractivity contribution in [1.29, 1.82) is 0 Å². The lowest BCUT2D eigenvalue weighted by Crippen LogP contribution is -2.42. The van der Waals surface area contributed by atoms with Crippen LogP contribution in [0.2, 0.25) is 0 Å². The molecule has 0 unspecified atom stereocenters. The topological polar surface area (TPSA) is 58.4 Å². The Morgan fingerprint density at radius 1 is 1.67 bits per heavy atom. The van der Waals surface area contributed by atoms with Gasteiger partial charge in [-0.15, -0.1) is 0 Å². The van der Waals surface area contributed by atoms with E-state index in [2.05, 4.69) is 5.43 Å². The van der Waals surface area contributed by atoms with Crippen molar-refractivity contribution in [3.05, 3.63) is 0 Å². The van der Waals surface area contributed by atoms with Gasteiger partial charge >= 0.3 is 6.03 Å². The van der Waals surface area contributed by atoms with Gasteiger partial charge in [0.15, 0.2) is 0 Å². The summed E-state index contributed by atoms with van der Waals surface area (Å²) in [5.74, 6) is 5.83. The summed E-state index contributed by atoms with van der Waals surface area (Å²) in [6.45, 7) is 0.813. The maximum atomic E-state index is 10.9. The summed E-state index contributed by atoms with van der Waals surface area (Å²) in [4.78, 5) is 12.5. The molecule has 2 amide bonds. The predicted octanol–water partition coefficient (Wildman–Crippen LogP) is 0.692. The quantitative estimate of drug-likeness (QED) is 0.373. The minimum atomic E-state index is -0.200. The van der Waals surface area contributed by atoms with Gasteiger partial charge in [0.05, 0.1) is 0 Å². The number of urea groups is 1. The van der Waals surface area contributed by atoms with Gasteiger partial charge in [0.25, 0.3) is 0 Å². The number of hydrogen-bond acceptors (Lipinski definition) is 2. The maximum absolute atomic E-state index is 10.9. The predicted molar refractivity (Wildman–Crippen MR) is 47.3 cm³/mol. The van der Waals surface area contributed by atoms with E-state index in [4.69, 9.17) is 5.84 Å². The van der Waals surface area contributed by atoms with Crippen LogP contribution in [0.1, 0.15) is 25.7 Å². The fraction of sp³-hybridized carbons (Fsp3) is 0.875. The number of hydrazine groups is 1. The second kappa shape index (κ2) is 4.30. The molecule has 0 radical (unpaired) electrons. The molecule has 0 atom stereocenters. The summed E-state index contributed by atoms with van der Waals surface area (Å²) in [6, 6.07) is -0.200. The first kappa shape index (κ1) is 9.32. The standard InChI is InChI=1S/C8H17N3O/c1-11(8(12)10-9)6-5-7-3-2-4-7/h7H,2-6,9H2,1H3,(H,10,12).